The molecule has 0 aromatic carbocycles. The number of nitrogens with one attached hydrogen (secondary N) is 1. The third kappa shape index (κ3) is 6.11. The number of nitrogens with two attached hydrogens (primary N) is 1. The van der Waals surface area contributed by atoms with Crippen LogP contribution >= 0.6 is 12.4 Å². The SMILES string of the molecule is COCC(C)(C)NC(=O)CC1(CN)CCCCC1.Cl. The average Bonchev–Trinajstić information content (AvgIpc) is 2.29. The van der Waals surface area contributed by atoms with Crippen molar-refractivity contribution in [1.29, 1.82) is 0 Å². The Hall–Kier alpha value is -0.320. The first-order valence-corrected chi connectivity index (χ1v) is 6.93. The lowest BCUT2D eigenvalue weighted by Crippen LogP contribution is -2.49. The van der Waals surface area contributed by atoms with Crippen LogP contribution in [0.5, 0.6) is 0 Å². The first kappa shape index (κ1) is 18.7. The molecule has 0 aliphatic heterocycles. The lowest BCUT2D eigenvalue weighted by atomic mass is 9.71. The van der Waals surface area contributed by atoms with E-state index in [1.54, 1.807) is 7.11 Å². The Morgan fingerprint density at radius 2 is 1.89 bits per heavy atom. The summed E-state index contributed by atoms with van der Waals surface area (Å²) in [6.07, 6.45) is 6.40. The van der Waals surface area contributed by atoms with E-state index in [1.165, 1.54) is 19.3 Å². The van der Waals surface area contributed by atoms with Gasteiger partial charge in [0.2, 0.25) is 5.91 Å². The van der Waals surface area contributed by atoms with Crippen LogP contribution in [-0.2, 0) is 9.53 Å². The van der Waals surface area contributed by atoms with Gasteiger partial charge in [0.1, 0.15) is 0 Å². The Balaban J connectivity index is 0.00000324. The molecule has 0 unspecified atom stereocenters. The summed E-state index contributed by atoms with van der Waals surface area (Å²) < 4.78 is 5.11. The van der Waals surface area contributed by atoms with Crippen molar-refractivity contribution in [2.24, 2.45) is 11.1 Å². The van der Waals surface area contributed by atoms with E-state index in [2.05, 4.69) is 5.32 Å². The van der Waals surface area contributed by atoms with E-state index in [0.717, 1.165) is 12.8 Å². The second-order valence-corrected chi connectivity index (χ2v) is 6.31. The first-order chi connectivity index (χ1) is 8.43. The number of rotatable bonds is 6. The van der Waals surface area contributed by atoms with Crippen LogP contribution in [0, 0.1) is 5.41 Å². The van der Waals surface area contributed by atoms with Gasteiger partial charge in [-0.15, -0.1) is 12.4 Å². The summed E-state index contributed by atoms with van der Waals surface area (Å²) in [6, 6.07) is 0. The summed E-state index contributed by atoms with van der Waals surface area (Å²) in [6.45, 7) is 5.09. The van der Waals surface area contributed by atoms with Gasteiger partial charge in [0, 0.05) is 13.5 Å². The van der Waals surface area contributed by atoms with Crippen molar-refractivity contribution in [2.45, 2.75) is 57.9 Å². The Labute approximate surface area is 123 Å². The summed E-state index contributed by atoms with van der Waals surface area (Å²) in [7, 11) is 1.65. The molecule has 0 aromatic heterocycles. The Morgan fingerprint density at radius 3 is 2.37 bits per heavy atom. The van der Waals surface area contributed by atoms with E-state index in [1.807, 2.05) is 13.8 Å². The van der Waals surface area contributed by atoms with Crippen LogP contribution in [0.2, 0.25) is 0 Å². The van der Waals surface area contributed by atoms with Crippen molar-refractivity contribution in [3.8, 4) is 0 Å². The molecule has 4 nitrogen and oxygen atoms in total. The topological polar surface area (TPSA) is 64.3 Å². The molecule has 1 saturated carbocycles. The van der Waals surface area contributed by atoms with Crippen LogP contribution in [0.25, 0.3) is 0 Å². The van der Waals surface area contributed by atoms with Crippen molar-refractivity contribution in [1.82, 2.24) is 5.32 Å². The van der Waals surface area contributed by atoms with Gasteiger partial charge in [0.15, 0.2) is 0 Å². The van der Waals surface area contributed by atoms with E-state index in [-0.39, 0.29) is 29.3 Å². The fourth-order valence-corrected chi connectivity index (χ4v) is 2.91. The number of hydrogen-bond donors (Lipinski definition) is 2. The highest BCUT2D eigenvalue weighted by Gasteiger charge is 2.34. The molecular formula is C14H29ClN2O2. The molecule has 19 heavy (non-hydrogen) atoms. The zero-order valence-corrected chi connectivity index (χ0v) is 13.3. The normalized spacial score (nSPS) is 18.5. The van der Waals surface area contributed by atoms with Crippen LogP contribution in [-0.4, -0.2) is 31.7 Å². The largest absolute Gasteiger partial charge is 0.382 e. The molecule has 1 rings (SSSR count). The fraction of sp³-hybridized carbons (Fsp3) is 0.929. The zero-order valence-electron chi connectivity index (χ0n) is 12.5. The number of carbonyl (C=O) groups is 1. The van der Waals surface area contributed by atoms with Gasteiger partial charge in [-0.05, 0) is 38.6 Å². The maximum atomic E-state index is 12.1. The molecule has 3 N–H and O–H groups in total. The first-order valence-electron chi connectivity index (χ1n) is 6.93. The Kier molecular flexibility index (Phi) is 7.94. The highest BCUT2D eigenvalue weighted by Crippen LogP contribution is 2.38. The van der Waals surface area contributed by atoms with Gasteiger partial charge in [-0.2, -0.15) is 0 Å². The molecule has 114 valence electrons. The Bertz CT molecular complexity index is 277. The van der Waals surface area contributed by atoms with Gasteiger partial charge in [-0.3, -0.25) is 4.79 Å². The van der Waals surface area contributed by atoms with E-state index in [9.17, 15) is 4.79 Å². The van der Waals surface area contributed by atoms with Gasteiger partial charge in [0.25, 0.3) is 0 Å². The fourth-order valence-electron chi connectivity index (χ4n) is 2.91. The second kappa shape index (κ2) is 8.08. The molecule has 1 aliphatic rings. The molecule has 0 atom stereocenters. The monoisotopic (exact) mass is 292 g/mol. The zero-order chi connectivity index (χ0) is 13.6. The number of ether oxygens (including phenoxy) is 1. The van der Waals surface area contributed by atoms with Gasteiger partial charge in [0.05, 0.1) is 12.1 Å². The highest BCUT2D eigenvalue weighted by atomic mass is 35.5. The summed E-state index contributed by atoms with van der Waals surface area (Å²) in [4.78, 5) is 12.1. The molecule has 0 bridgehead atoms. The van der Waals surface area contributed by atoms with Crippen LogP contribution in [0.15, 0.2) is 0 Å². The number of carbonyl (C=O) groups excluding carboxylic acids is 1. The minimum Gasteiger partial charge on any atom is -0.382 e. The van der Waals surface area contributed by atoms with E-state index in [4.69, 9.17) is 10.5 Å². The van der Waals surface area contributed by atoms with Crippen LogP contribution in [0.1, 0.15) is 52.4 Å². The lowest BCUT2D eigenvalue weighted by Gasteiger charge is -2.37. The van der Waals surface area contributed by atoms with Crippen molar-refractivity contribution in [2.75, 3.05) is 20.3 Å². The third-order valence-electron chi connectivity index (χ3n) is 3.87. The quantitative estimate of drug-likeness (QED) is 0.789. The van der Waals surface area contributed by atoms with Gasteiger partial charge in [-0.25, -0.2) is 0 Å². The van der Waals surface area contributed by atoms with E-state index in [0.29, 0.717) is 19.6 Å². The summed E-state index contributed by atoms with van der Waals surface area (Å²) >= 11 is 0. The molecular weight excluding hydrogens is 264 g/mol. The minimum atomic E-state index is -0.309. The summed E-state index contributed by atoms with van der Waals surface area (Å²) in [5.41, 5.74) is 5.63. The number of amides is 1. The maximum Gasteiger partial charge on any atom is 0.221 e. The summed E-state index contributed by atoms with van der Waals surface area (Å²) in [5, 5.41) is 3.04. The molecule has 0 aromatic rings. The van der Waals surface area contributed by atoms with Gasteiger partial charge in [-0.1, -0.05) is 19.3 Å². The molecule has 0 radical (unpaired) electrons. The van der Waals surface area contributed by atoms with Crippen LogP contribution in [0.3, 0.4) is 0 Å². The molecule has 0 saturated heterocycles. The number of methoxy groups -OCH3 is 1. The van der Waals surface area contributed by atoms with Gasteiger partial charge < -0.3 is 15.8 Å². The summed E-state index contributed by atoms with van der Waals surface area (Å²) in [5.74, 6) is 0.101. The average molecular weight is 293 g/mol. The minimum absolute atomic E-state index is 0. The van der Waals surface area contributed by atoms with Crippen molar-refractivity contribution in [3.63, 3.8) is 0 Å². The maximum absolute atomic E-state index is 12.1. The van der Waals surface area contributed by atoms with Crippen molar-refractivity contribution in [3.05, 3.63) is 0 Å². The highest BCUT2D eigenvalue weighted by molar-refractivity contribution is 5.85. The standard InChI is InChI=1S/C14H28N2O2.ClH/c1-13(2,11-18-3)16-12(17)9-14(10-15)7-5-4-6-8-14;/h4-11,15H2,1-3H3,(H,16,17);1H. The molecule has 1 amide bonds. The lowest BCUT2D eigenvalue weighted by molar-refractivity contribution is -0.126. The van der Waals surface area contributed by atoms with Crippen LogP contribution in [0.4, 0.5) is 0 Å². The van der Waals surface area contributed by atoms with Crippen LogP contribution < -0.4 is 11.1 Å². The van der Waals surface area contributed by atoms with E-state index < -0.39 is 0 Å². The smallest absolute Gasteiger partial charge is 0.221 e. The predicted octanol–water partition coefficient (Wildman–Crippen LogP) is 2.25. The van der Waals surface area contributed by atoms with Crippen molar-refractivity contribution >= 4 is 18.3 Å². The Morgan fingerprint density at radius 1 is 1.32 bits per heavy atom. The third-order valence-corrected chi connectivity index (χ3v) is 3.87. The van der Waals surface area contributed by atoms with Gasteiger partial charge >= 0.3 is 0 Å². The number of hydrogen-bond acceptors (Lipinski definition) is 3. The molecule has 5 heteroatoms. The van der Waals surface area contributed by atoms with E-state index >= 15 is 0 Å². The number of halogens is 1. The predicted molar refractivity (Wildman–Crippen MR) is 80.5 cm³/mol. The molecule has 0 spiro atoms. The van der Waals surface area contributed by atoms with Crippen molar-refractivity contribution < 1.29 is 9.53 Å². The molecule has 1 fully saturated rings. The molecule has 1 aliphatic carbocycles. The second-order valence-electron chi connectivity index (χ2n) is 6.31. The molecule has 0 heterocycles.